The van der Waals surface area contributed by atoms with Crippen molar-refractivity contribution >= 4 is 18.5 Å². The summed E-state index contributed by atoms with van der Waals surface area (Å²) in [5.74, 6) is 0. The van der Waals surface area contributed by atoms with E-state index in [4.69, 9.17) is 19.3 Å². The first-order chi connectivity index (χ1) is 9.21. The molecule has 5 nitrogen and oxygen atoms in total. The van der Waals surface area contributed by atoms with Crippen LogP contribution in [-0.2, 0) is 13.8 Å². The van der Waals surface area contributed by atoms with E-state index in [-0.39, 0.29) is 38.4 Å². The van der Waals surface area contributed by atoms with Gasteiger partial charge in [-0.2, -0.15) is 0 Å². The number of aliphatic hydroxyl groups excluding tert-OH is 2. The molecule has 0 spiro atoms. The molecule has 0 aromatic heterocycles. The van der Waals surface area contributed by atoms with Crippen molar-refractivity contribution in [3.8, 4) is 0 Å². The van der Waals surface area contributed by atoms with E-state index in [0.29, 0.717) is 5.30 Å². The normalized spacial score (nSPS) is 12.4. The second kappa shape index (κ2) is 8.35. The van der Waals surface area contributed by atoms with E-state index < -0.39 is 7.72 Å². The van der Waals surface area contributed by atoms with Crippen LogP contribution in [0.2, 0.25) is 0 Å². The molecule has 0 radical (unpaired) electrons. The van der Waals surface area contributed by atoms with E-state index in [2.05, 4.69) is 0 Å². The molecule has 6 heteroatoms. The van der Waals surface area contributed by atoms with E-state index in [1.165, 1.54) is 0 Å². The van der Waals surface area contributed by atoms with Gasteiger partial charge in [-0.05, 0) is 0 Å². The van der Waals surface area contributed by atoms with E-state index in [1.54, 1.807) is 19.1 Å². The van der Waals surface area contributed by atoms with Crippen LogP contribution in [0.3, 0.4) is 0 Å². The van der Waals surface area contributed by atoms with E-state index in [9.17, 15) is 4.79 Å². The van der Waals surface area contributed by atoms with E-state index in [1.807, 2.05) is 18.2 Å². The standard InChI is InChI=1S/C13H21O5P/c1-2-13(16)19(17-10-8-14,18-11-9-15)12-6-4-3-5-7-12/h3-7,14-15,19H,2,8-11H2,1H3. The van der Waals surface area contributed by atoms with Gasteiger partial charge in [0.15, 0.2) is 0 Å². The molecular weight excluding hydrogens is 267 g/mol. The summed E-state index contributed by atoms with van der Waals surface area (Å²) < 4.78 is 11.3. The Bertz CT molecular complexity index is 374. The zero-order chi connectivity index (χ0) is 14.1. The Morgan fingerprint density at radius 3 is 2.05 bits per heavy atom. The Labute approximate surface area is 113 Å². The quantitative estimate of drug-likeness (QED) is 0.659. The fourth-order valence-electron chi connectivity index (χ4n) is 1.80. The zero-order valence-electron chi connectivity index (χ0n) is 11.0. The van der Waals surface area contributed by atoms with Gasteiger partial charge < -0.3 is 0 Å². The predicted molar refractivity (Wildman–Crippen MR) is 75.8 cm³/mol. The molecule has 0 saturated carbocycles. The molecule has 2 N–H and O–H groups in total. The van der Waals surface area contributed by atoms with Crippen molar-refractivity contribution in [1.82, 2.24) is 0 Å². The summed E-state index contributed by atoms with van der Waals surface area (Å²) in [6.45, 7) is 1.47. The number of carbonyl (C=O) groups is 1. The summed E-state index contributed by atoms with van der Waals surface area (Å²) in [5, 5.41) is 18.6. The van der Waals surface area contributed by atoms with Crippen LogP contribution >= 0.6 is 7.72 Å². The molecule has 108 valence electrons. The Hall–Kier alpha value is -0.840. The van der Waals surface area contributed by atoms with Crippen LogP contribution in [-0.4, -0.2) is 42.2 Å². The first kappa shape index (κ1) is 16.2. The minimum atomic E-state index is -3.28. The summed E-state index contributed by atoms with van der Waals surface area (Å²) in [6, 6.07) is 9.04. The van der Waals surface area contributed by atoms with Gasteiger partial charge in [0.2, 0.25) is 0 Å². The Balaban J connectivity index is 3.13. The number of rotatable bonds is 9. The predicted octanol–water partition coefficient (Wildman–Crippen LogP) is 0.846. The van der Waals surface area contributed by atoms with Crippen LogP contribution in [0.15, 0.2) is 30.3 Å². The molecule has 0 aliphatic carbocycles. The molecule has 1 aromatic rings. The van der Waals surface area contributed by atoms with Gasteiger partial charge in [0, 0.05) is 0 Å². The van der Waals surface area contributed by atoms with Gasteiger partial charge in [-0.15, -0.1) is 0 Å². The molecule has 1 aromatic carbocycles. The molecule has 0 aliphatic rings. The molecule has 0 heterocycles. The molecule has 0 bridgehead atoms. The number of benzene rings is 1. The van der Waals surface area contributed by atoms with Crippen molar-refractivity contribution in [2.75, 3.05) is 26.4 Å². The molecule has 0 fully saturated rings. The van der Waals surface area contributed by atoms with Gasteiger partial charge in [-0.3, -0.25) is 0 Å². The van der Waals surface area contributed by atoms with Crippen molar-refractivity contribution in [2.24, 2.45) is 0 Å². The van der Waals surface area contributed by atoms with Crippen molar-refractivity contribution in [3.63, 3.8) is 0 Å². The topological polar surface area (TPSA) is 76.0 Å². The Morgan fingerprint density at radius 1 is 1.11 bits per heavy atom. The first-order valence-corrected chi connectivity index (χ1v) is 8.11. The second-order valence-corrected chi connectivity index (χ2v) is 6.85. The number of aliphatic hydroxyl groups is 2. The van der Waals surface area contributed by atoms with Crippen molar-refractivity contribution in [1.29, 1.82) is 0 Å². The summed E-state index contributed by atoms with van der Waals surface area (Å²) >= 11 is 0. The number of carbonyl (C=O) groups excluding carboxylic acids is 1. The molecular formula is C13H21O5P. The zero-order valence-corrected chi connectivity index (χ0v) is 12.0. The third-order valence-corrected chi connectivity index (χ3v) is 6.04. The molecule has 0 saturated heterocycles. The van der Waals surface area contributed by atoms with Gasteiger partial charge in [-0.25, -0.2) is 0 Å². The SMILES string of the molecule is CCC(=O)[PH](OCCO)(OCCO)c1ccccc1. The Kier molecular flexibility index (Phi) is 7.13. The fraction of sp³-hybridized carbons (Fsp3) is 0.462. The van der Waals surface area contributed by atoms with Crippen LogP contribution < -0.4 is 5.30 Å². The minimum absolute atomic E-state index is 0.0400. The van der Waals surface area contributed by atoms with Gasteiger partial charge in [0.1, 0.15) is 0 Å². The van der Waals surface area contributed by atoms with Crippen LogP contribution in [0.1, 0.15) is 13.3 Å². The first-order valence-electron chi connectivity index (χ1n) is 6.29. The molecule has 0 atom stereocenters. The summed E-state index contributed by atoms with van der Waals surface area (Å²) in [4.78, 5) is 12.3. The third-order valence-electron chi connectivity index (χ3n) is 2.64. The molecule has 1 rings (SSSR count). The van der Waals surface area contributed by atoms with Crippen molar-refractivity contribution in [3.05, 3.63) is 30.3 Å². The monoisotopic (exact) mass is 288 g/mol. The second-order valence-electron chi connectivity index (χ2n) is 3.90. The van der Waals surface area contributed by atoms with Crippen molar-refractivity contribution in [2.45, 2.75) is 13.3 Å². The number of hydrogen-bond donors (Lipinski definition) is 2. The Morgan fingerprint density at radius 2 is 1.63 bits per heavy atom. The summed E-state index contributed by atoms with van der Waals surface area (Å²) in [5.41, 5.74) is -0.111. The number of hydrogen-bond acceptors (Lipinski definition) is 5. The molecule has 19 heavy (non-hydrogen) atoms. The molecule has 0 unspecified atom stereocenters. The summed E-state index contributed by atoms with van der Waals surface area (Å²) in [6.07, 6.45) is 0.290. The van der Waals surface area contributed by atoms with Crippen LogP contribution in [0.5, 0.6) is 0 Å². The van der Waals surface area contributed by atoms with E-state index >= 15 is 0 Å². The van der Waals surface area contributed by atoms with Gasteiger partial charge >= 0.3 is 113 Å². The molecule has 0 amide bonds. The van der Waals surface area contributed by atoms with Gasteiger partial charge in [0.05, 0.1) is 0 Å². The average molecular weight is 288 g/mol. The van der Waals surface area contributed by atoms with Gasteiger partial charge in [0.25, 0.3) is 0 Å². The summed E-state index contributed by atoms with van der Waals surface area (Å²) in [7, 11) is -3.28. The fourth-order valence-corrected chi connectivity index (χ4v) is 4.71. The average Bonchev–Trinajstić information content (AvgIpc) is 2.48. The van der Waals surface area contributed by atoms with Gasteiger partial charge in [-0.1, -0.05) is 0 Å². The maximum absolute atomic E-state index is 12.3. The third kappa shape index (κ3) is 4.06. The molecule has 0 aliphatic heterocycles. The maximum atomic E-state index is 12.3. The van der Waals surface area contributed by atoms with Crippen LogP contribution in [0, 0.1) is 0 Å². The van der Waals surface area contributed by atoms with Crippen LogP contribution in [0.25, 0.3) is 0 Å². The van der Waals surface area contributed by atoms with Crippen LogP contribution in [0.4, 0.5) is 0 Å². The van der Waals surface area contributed by atoms with Crippen molar-refractivity contribution < 1.29 is 24.1 Å². The van der Waals surface area contributed by atoms with E-state index in [0.717, 1.165) is 0 Å².